The van der Waals surface area contributed by atoms with Crippen LogP contribution in [-0.4, -0.2) is 19.9 Å². The smallest absolute Gasteiger partial charge is 0.434 e. The van der Waals surface area contributed by atoms with Crippen LogP contribution in [-0.2, 0) is 19.8 Å². The zero-order chi connectivity index (χ0) is 18.3. The van der Waals surface area contributed by atoms with Gasteiger partial charge in [-0.15, -0.1) is 0 Å². The Morgan fingerprint density at radius 3 is 1.54 bits per heavy atom. The van der Waals surface area contributed by atoms with Crippen LogP contribution in [0, 0.1) is 0 Å². The van der Waals surface area contributed by atoms with E-state index in [1.54, 1.807) is 18.6 Å². The predicted octanol–water partition coefficient (Wildman–Crippen LogP) is 4.40. The number of imidazole rings is 1. The van der Waals surface area contributed by atoms with Gasteiger partial charge in [0.25, 0.3) is 0 Å². The predicted molar refractivity (Wildman–Crippen MR) is 106 cm³/mol. The second-order valence-electron chi connectivity index (χ2n) is 5.68. The molecule has 137 valence electrons. The number of hydrogen-bond donors (Lipinski definition) is 0. The van der Waals surface area contributed by atoms with Crippen LogP contribution in [0.25, 0.3) is 33.9 Å². The van der Waals surface area contributed by atoms with E-state index in [2.05, 4.69) is 24.9 Å². The van der Waals surface area contributed by atoms with Crippen molar-refractivity contribution in [3.8, 4) is 22.9 Å². The van der Waals surface area contributed by atoms with E-state index in [-0.39, 0.29) is 19.8 Å². The molecule has 0 atom stereocenters. The van der Waals surface area contributed by atoms with E-state index in [4.69, 9.17) is 0 Å². The number of benzene rings is 1. The Hall–Kier alpha value is -3.22. The van der Waals surface area contributed by atoms with Crippen molar-refractivity contribution in [2.75, 3.05) is 0 Å². The van der Waals surface area contributed by atoms with Crippen LogP contribution in [0.15, 0.2) is 97.5 Å². The summed E-state index contributed by atoms with van der Waals surface area (Å²) in [5.74, 6) is 0.691. The minimum Gasteiger partial charge on any atom is -0.434 e. The molecular weight excluding hydrogens is 525 g/mol. The summed E-state index contributed by atoms with van der Waals surface area (Å²) in [6, 6.07) is 25.1. The average Bonchev–Trinajstić information content (AvgIpc) is 3.21. The van der Waals surface area contributed by atoms with Crippen molar-refractivity contribution in [1.82, 2.24) is 24.9 Å². The van der Waals surface area contributed by atoms with Gasteiger partial charge in [-0.3, -0.25) is 15.0 Å². The second-order valence-corrected chi connectivity index (χ2v) is 5.68. The SMILES string of the molecule is [Os+].c1ccc(-c2ccccn2)nc1.c1ccc(-c2nc3ccccc3[n-]2)nc1. The molecule has 0 saturated carbocycles. The Morgan fingerprint density at radius 1 is 0.536 bits per heavy atom. The molecule has 0 N–H and O–H groups in total. The summed E-state index contributed by atoms with van der Waals surface area (Å²) >= 11 is 0. The van der Waals surface area contributed by atoms with Crippen LogP contribution in [0.5, 0.6) is 0 Å². The summed E-state index contributed by atoms with van der Waals surface area (Å²) in [4.78, 5) is 21.4. The zero-order valence-electron chi connectivity index (χ0n) is 14.8. The number of aromatic nitrogens is 5. The number of nitrogens with zero attached hydrogens (tertiary/aromatic N) is 5. The van der Waals surface area contributed by atoms with E-state index >= 15 is 0 Å². The fraction of sp³-hybridized carbons (Fsp3) is 0. The second kappa shape index (κ2) is 9.64. The monoisotopic (exact) mass is 542 g/mol. The average molecular weight is 541 g/mol. The van der Waals surface area contributed by atoms with Crippen LogP contribution in [0.1, 0.15) is 0 Å². The Kier molecular flexibility index (Phi) is 6.72. The van der Waals surface area contributed by atoms with Crippen molar-refractivity contribution in [2.45, 2.75) is 0 Å². The maximum atomic E-state index is 4.41. The molecule has 0 unspecified atom stereocenters. The van der Waals surface area contributed by atoms with Gasteiger partial charge in [0.05, 0.1) is 17.1 Å². The van der Waals surface area contributed by atoms with Crippen molar-refractivity contribution in [3.63, 3.8) is 0 Å². The van der Waals surface area contributed by atoms with E-state index in [1.165, 1.54) is 0 Å². The van der Waals surface area contributed by atoms with Crippen molar-refractivity contribution in [1.29, 1.82) is 0 Å². The van der Waals surface area contributed by atoms with E-state index in [0.717, 1.165) is 28.1 Å². The van der Waals surface area contributed by atoms with Crippen molar-refractivity contribution < 1.29 is 19.8 Å². The number of hydrogen-bond acceptors (Lipinski definition) is 4. The van der Waals surface area contributed by atoms with Crippen LogP contribution < -0.4 is 4.98 Å². The number of pyridine rings is 3. The molecule has 5 aromatic rings. The van der Waals surface area contributed by atoms with Gasteiger partial charge in [0.2, 0.25) is 0 Å². The van der Waals surface area contributed by atoms with E-state index in [9.17, 15) is 0 Å². The number of rotatable bonds is 2. The van der Waals surface area contributed by atoms with E-state index in [1.807, 2.05) is 78.9 Å². The van der Waals surface area contributed by atoms with Crippen LogP contribution in [0.2, 0.25) is 0 Å². The molecule has 0 aliphatic heterocycles. The molecule has 0 aliphatic rings. The maximum Gasteiger partial charge on any atom is 1.00 e. The number of para-hydroxylation sites is 2. The number of fused-ring (bicyclic) bond motifs is 1. The first kappa shape index (κ1) is 19.5. The molecule has 0 bridgehead atoms. The topological polar surface area (TPSA) is 65.7 Å². The molecular formula is C22H16N5Os. The molecule has 0 amide bonds. The van der Waals surface area contributed by atoms with Crippen molar-refractivity contribution in [3.05, 3.63) is 97.5 Å². The Balaban J connectivity index is 0.000000159. The summed E-state index contributed by atoms with van der Waals surface area (Å²) < 4.78 is 0. The molecule has 1 aromatic carbocycles. The first-order chi connectivity index (χ1) is 13.4. The van der Waals surface area contributed by atoms with Gasteiger partial charge in [0.1, 0.15) is 0 Å². The fourth-order valence-corrected chi connectivity index (χ4v) is 2.54. The van der Waals surface area contributed by atoms with Crippen LogP contribution >= 0.6 is 0 Å². The molecule has 5 rings (SSSR count). The van der Waals surface area contributed by atoms with Crippen molar-refractivity contribution >= 4 is 11.0 Å². The van der Waals surface area contributed by atoms with Gasteiger partial charge in [0, 0.05) is 18.6 Å². The summed E-state index contributed by atoms with van der Waals surface area (Å²) in [5.41, 5.74) is 4.47. The largest absolute Gasteiger partial charge is 1.00 e. The minimum atomic E-state index is 0. The Labute approximate surface area is 176 Å². The normalized spacial score (nSPS) is 9.86. The first-order valence-corrected chi connectivity index (χ1v) is 8.53. The van der Waals surface area contributed by atoms with Gasteiger partial charge in [-0.25, -0.2) is 0 Å². The molecule has 4 aromatic heterocycles. The molecule has 1 radical (unpaired) electrons. The van der Waals surface area contributed by atoms with Crippen LogP contribution in [0.4, 0.5) is 0 Å². The molecule has 28 heavy (non-hydrogen) atoms. The Morgan fingerprint density at radius 2 is 1.04 bits per heavy atom. The van der Waals surface area contributed by atoms with E-state index in [0.29, 0.717) is 5.82 Å². The third-order valence-corrected chi connectivity index (χ3v) is 3.82. The summed E-state index contributed by atoms with van der Waals surface area (Å²) in [6.07, 6.45) is 5.28. The molecule has 6 heteroatoms. The standard InChI is InChI=1S/C12H8N3.C10H8N2.Os/c1-2-6-10-9(5-1)14-12(15-10)11-7-3-4-8-13-11;1-3-7-11-9(5-1)10-6-2-4-8-12-10;/h1-8H;1-8H;/q-1;;+1. The zero-order valence-corrected chi connectivity index (χ0v) is 17.4. The minimum absolute atomic E-state index is 0. The molecule has 0 saturated heterocycles. The Bertz CT molecular complexity index is 1040. The van der Waals surface area contributed by atoms with Gasteiger partial charge >= 0.3 is 19.8 Å². The van der Waals surface area contributed by atoms with Gasteiger partial charge in [-0.2, -0.15) is 0 Å². The summed E-state index contributed by atoms with van der Waals surface area (Å²) in [7, 11) is 0. The molecule has 0 spiro atoms. The first-order valence-electron chi connectivity index (χ1n) is 8.53. The summed E-state index contributed by atoms with van der Waals surface area (Å²) in [5, 5.41) is 0. The quantitative estimate of drug-likeness (QED) is 0.332. The van der Waals surface area contributed by atoms with Crippen LogP contribution in [0.3, 0.4) is 0 Å². The summed E-state index contributed by atoms with van der Waals surface area (Å²) in [6.45, 7) is 0. The van der Waals surface area contributed by atoms with Gasteiger partial charge in [-0.1, -0.05) is 42.5 Å². The van der Waals surface area contributed by atoms with Crippen molar-refractivity contribution in [2.24, 2.45) is 0 Å². The molecule has 5 nitrogen and oxygen atoms in total. The third-order valence-electron chi connectivity index (χ3n) is 3.82. The van der Waals surface area contributed by atoms with E-state index < -0.39 is 0 Å². The maximum absolute atomic E-state index is 4.41. The molecule has 0 aliphatic carbocycles. The van der Waals surface area contributed by atoms with Gasteiger partial charge < -0.3 is 9.97 Å². The molecule has 4 heterocycles. The van der Waals surface area contributed by atoms with Gasteiger partial charge in [0.15, 0.2) is 0 Å². The third kappa shape index (κ3) is 4.73. The van der Waals surface area contributed by atoms with Gasteiger partial charge in [-0.05, 0) is 53.3 Å². The molecule has 0 fully saturated rings. The fourth-order valence-electron chi connectivity index (χ4n) is 2.54.